The number of hydrogen-bond acceptors (Lipinski definition) is 2. The Hall–Kier alpha value is -3.11. The van der Waals surface area contributed by atoms with Crippen molar-refractivity contribution < 1.29 is 9.59 Å². The van der Waals surface area contributed by atoms with E-state index in [-0.39, 0.29) is 30.1 Å². The van der Waals surface area contributed by atoms with Gasteiger partial charge in [0.05, 0.1) is 16.6 Å². The maximum absolute atomic E-state index is 12.8. The van der Waals surface area contributed by atoms with Crippen LogP contribution in [0.4, 0.5) is 5.69 Å². The molecule has 1 aliphatic heterocycles. The number of carbonyl (C=O) groups excluding carboxylic acids is 2. The molecule has 1 aliphatic rings. The van der Waals surface area contributed by atoms with Crippen LogP contribution >= 0.6 is 11.6 Å². The lowest BCUT2D eigenvalue weighted by Gasteiger charge is -2.20. The maximum Gasteiger partial charge on any atom is 0.227 e. The van der Waals surface area contributed by atoms with Crippen LogP contribution in [0.15, 0.2) is 84.9 Å². The second kappa shape index (κ2) is 9.80. The van der Waals surface area contributed by atoms with E-state index in [1.54, 1.807) is 11.0 Å². The second-order valence-electron chi connectivity index (χ2n) is 7.81. The first-order chi connectivity index (χ1) is 15.1. The zero-order chi connectivity index (χ0) is 21.6. The molecule has 1 saturated heterocycles. The van der Waals surface area contributed by atoms with Crippen molar-refractivity contribution in [2.45, 2.75) is 18.8 Å². The first-order valence-corrected chi connectivity index (χ1v) is 10.9. The van der Waals surface area contributed by atoms with Gasteiger partial charge in [-0.15, -0.1) is 0 Å². The Bertz CT molecular complexity index is 1000. The molecule has 31 heavy (non-hydrogen) atoms. The third-order valence-electron chi connectivity index (χ3n) is 5.78. The van der Waals surface area contributed by atoms with E-state index < -0.39 is 0 Å². The van der Waals surface area contributed by atoms with Crippen LogP contribution in [-0.4, -0.2) is 24.9 Å². The summed E-state index contributed by atoms with van der Waals surface area (Å²) in [6, 6.07) is 27.9. The summed E-state index contributed by atoms with van der Waals surface area (Å²) < 4.78 is 0. The number of anilines is 1. The predicted molar refractivity (Wildman–Crippen MR) is 124 cm³/mol. The van der Waals surface area contributed by atoms with Crippen LogP contribution in [0.3, 0.4) is 0 Å². The number of carbonyl (C=O) groups is 2. The highest BCUT2D eigenvalue weighted by Gasteiger charge is 2.35. The molecule has 0 aliphatic carbocycles. The lowest BCUT2D eigenvalue weighted by Crippen LogP contribution is -2.34. The van der Waals surface area contributed by atoms with E-state index in [1.807, 2.05) is 54.6 Å². The number of halogens is 1. The summed E-state index contributed by atoms with van der Waals surface area (Å²) in [4.78, 5) is 26.9. The maximum atomic E-state index is 12.8. The van der Waals surface area contributed by atoms with Crippen molar-refractivity contribution in [3.05, 3.63) is 101 Å². The number of para-hydroxylation sites is 1. The smallest absolute Gasteiger partial charge is 0.227 e. The standard InChI is InChI=1S/C26H25ClN2O2/c27-23-13-7-8-14-24(23)29-18-21(17-25(29)30)26(31)28-16-15-22(19-9-3-1-4-10-19)20-11-5-2-6-12-20/h1-14,21-22H,15-18H2,(H,28,31)/t21-/m1/s1. The summed E-state index contributed by atoms with van der Waals surface area (Å²) in [6.45, 7) is 0.902. The van der Waals surface area contributed by atoms with E-state index in [4.69, 9.17) is 11.6 Å². The summed E-state index contributed by atoms with van der Waals surface area (Å²) in [5, 5.41) is 3.57. The molecule has 0 spiro atoms. The Balaban J connectivity index is 1.38. The number of nitrogens with one attached hydrogen (secondary N) is 1. The monoisotopic (exact) mass is 432 g/mol. The molecule has 0 saturated carbocycles. The molecule has 4 rings (SSSR count). The average Bonchev–Trinajstić information content (AvgIpc) is 3.19. The van der Waals surface area contributed by atoms with Crippen LogP contribution < -0.4 is 10.2 Å². The van der Waals surface area contributed by atoms with E-state index in [2.05, 4.69) is 29.6 Å². The van der Waals surface area contributed by atoms with Gasteiger partial charge in [-0.05, 0) is 29.7 Å². The first kappa shape index (κ1) is 21.1. The summed E-state index contributed by atoms with van der Waals surface area (Å²) in [6.07, 6.45) is 0.993. The summed E-state index contributed by atoms with van der Waals surface area (Å²) in [7, 11) is 0. The molecule has 0 unspecified atom stereocenters. The largest absolute Gasteiger partial charge is 0.356 e. The Morgan fingerprint density at radius 3 is 2.13 bits per heavy atom. The number of amides is 2. The third kappa shape index (κ3) is 4.97. The molecule has 1 N–H and O–H groups in total. The van der Waals surface area contributed by atoms with Crippen molar-refractivity contribution in [3.8, 4) is 0 Å². The van der Waals surface area contributed by atoms with Gasteiger partial charge < -0.3 is 10.2 Å². The molecular weight excluding hydrogens is 408 g/mol. The molecule has 0 radical (unpaired) electrons. The van der Waals surface area contributed by atoms with Crippen molar-refractivity contribution in [3.63, 3.8) is 0 Å². The molecule has 2 amide bonds. The Morgan fingerprint density at radius 2 is 1.52 bits per heavy atom. The molecule has 0 aromatic heterocycles. The highest BCUT2D eigenvalue weighted by molar-refractivity contribution is 6.33. The highest BCUT2D eigenvalue weighted by atomic mass is 35.5. The SMILES string of the molecule is O=C(NCCC(c1ccccc1)c1ccccc1)[C@@H]1CC(=O)N(c2ccccc2Cl)C1. The number of rotatable bonds is 7. The van der Waals surface area contributed by atoms with Crippen molar-refractivity contribution in [2.24, 2.45) is 5.92 Å². The molecule has 5 heteroatoms. The topological polar surface area (TPSA) is 49.4 Å². The minimum atomic E-state index is -0.365. The van der Waals surface area contributed by atoms with E-state index in [9.17, 15) is 9.59 Å². The number of nitrogens with zero attached hydrogens (tertiary/aromatic N) is 1. The number of hydrogen-bond donors (Lipinski definition) is 1. The third-order valence-corrected chi connectivity index (χ3v) is 6.09. The first-order valence-electron chi connectivity index (χ1n) is 10.6. The van der Waals surface area contributed by atoms with Crippen molar-refractivity contribution in [2.75, 3.05) is 18.0 Å². The molecule has 0 bridgehead atoms. The van der Waals surface area contributed by atoms with E-state index in [0.717, 1.165) is 6.42 Å². The van der Waals surface area contributed by atoms with Gasteiger partial charge in [-0.25, -0.2) is 0 Å². The lowest BCUT2D eigenvalue weighted by molar-refractivity contribution is -0.126. The van der Waals surface area contributed by atoms with Gasteiger partial charge in [-0.3, -0.25) is 9.59 Å². The molecule has 1 fully saturated rings. The van der Waals surface area contributed by atoms with Gasteiger partial charge in [-0.2, -0.15) is 0 Å². The molecule has 3 aromatic rings. The predicted octanol–water partition coefficient (Wildman–Crippen LogP) is 5.03. The van der Waals surface area contributed by atoms with Crippen LogP contribution in [0.5, 0.6) is 0 Å². The summed E-state index contributed by atoms with van der Waals surface area (Å²) in [5.74, 6) is -0.314. The van der Waals surface area contributed by atoms with Crippen LogP contribution in [0.1, 0.15) is 29.9 Å². The molecule has 1 atom stereocenters. The molecule has 158 valence electrons. The van der Waals surface area contributed by atoms with E-state index in [1.165, 1.54) is 11.1 Å². The highest BCUT2D eigenvalue weighted by Crippen LogP contribution is 2.31. The Labute approximate surface area is 187 Å². The van der Waals surface area contributed by atoms with Crippen molar-refractivity contribution in [1.29, 1.82) is 0 Å². The Morgan fingerprint density at radius 1 is 0.935 bits per heavy atom. The van der Waals surface area contributed by atoms with Gasteiger partial charge in [0.25, 0.3) is 0 Å². The molecular formula is C26H25ClN2O2. The van der Waals surface area contributed by atoms with Gasteiger partial charge in [0, 0.05) is 25.4 Å². The average molecular weight is 433 g/mol. The second-order valence-corrected chi connectivity index (χ2v) is 8.22. The molecule has 4 nitrogen and oxygen atoms in total. The fourth-order valence-corrected chi connectivity index (χ4v) is 4.40. The molecule has 3 aromatic carbocycles. The van der Waals surface area contributed by atoms with Crippen LogP contribution in [0.25, 0.3) is 0 Å². The quantitative estimate of drug-likeness (QED) is 0.569. The normalized spacial score (nSPS) is 16.0. The van der Waals surface area contributed by atoms with E-state index >= 15 is 0 Å². The van der Waals surface area contributed by atoms with Gasteiger partial charge in [-0.1, -0.05) is 84.4 Å². The van der Waals surface area contributed by atoms with Crippen LogP contribution in [0.2, 0.25) is 5.02 Å². The van der Waals surface area contributed by atoms with Crippen molar-refractivity contribution in [1.82, 2.24) is 5.32 Å². The zero-order valence-corrected chi connectivity index (χ0v) is 18.0. The van der Waals surface area contributed by atoms with Crippen LogP contribution in [0, 0.1) is 5.92 Å². The van der Waals surface area contributed by atoms with Gasteiger partial charge >= 0.3 is 0 Å². The minimum absolute atomic E-state index is 0.0697. The van der Waals surface area contributed by atoms with Gasteiger partial charge in [0.2, 0.25) is 11.8 Å². The lowest BCUT2D eigenvalue weighted by atomic mass is 9.88. The summed E-state index contributed by atoms with van der Waals surface area (Å²) in [5.41, 5.74) is 3.12. The molecule has 1 heterocycles. The van der Waals surface area contributed by atoms with Gasteiger partial charge in [0.1, 0.15) is 0 Å². The minimum Gasteiger partial charge on any atom is -0.356 e. The van der Waals surface area contributed by atoms with Gasteiger partial charge in [0.15, 0.2) is 0 Å². The fourth-order valence-electron chi connectivity index (χ4n) is 4.17. The Kier molecular flexibility index (Phi) is 6.68. The fraction of sp³-hybridized carbons (Fsp3) is 0.231. The van der Waals surface area contributed by atoms with Crippen molar-refractivity contribution >= 4 is 29.1 Å². The van der Waals surface area contributed by atoms with E-state index in [0.29, 0.717) is 23.8 Å². The summed E-state index contributed by atoms with van der Waals surface area (Å²) >= 11 is 6.24. The number of benzene rings is 3. The zero-order valence-electron chi connectivity index (χ0n) is 17.2. The van der Waals surface area contributed by atoms with Crippen LogP contribution in [-0.2, 0) is 9.59 Å².